The average Bonchev–Trinajstić information content (AvgIpc) is 2.63. The monoisotopic (exact) mass is 293 g/mol. The van der Waals surface area contributed by atoms with Gasteiger partial charge in [0.2, 0.25) is 0 Å². The Kier molecular flexibility index (Phi) is 3.84. The molecule has 1 aromatic heterocycles. The molecule has 0 atom stereocenters. The Morgan fingerprint density at radius 3 is 2.82 bits per heavy atom. The summed E-state index contributed by atoms with van der Waals surface area (Å²) in [5.41, 5.74) is 3.66. The largest absolute Gasteiger partial charge is 0.385 e. The van der Waals surface area contributed by atoms with Crippen molar-refractivity contribution in [2.45, 2.75) is 13.3 Å². The van der Waals surface area contributed by atoms with Gasteiger partial charge in [-0.25, -0.2) is 0 Å². The van der Waals surface area contributed by atoms with Gasteiger partial charge in [-0.05, 0) is 42.7 Å². The van der Waals surface area contributed by atoms with Gasteiger partial charge in [0.1, 0.15) is 0 Å². The zero-order chi connectivity index (χ0) is 12.3. The van der Waals surface area contributed by atoms with E-state index in [4.69, 9.17) is 0 Å². The predicted molar refractivity (Wildman–Crippen MR) is 74.3 cm³/mol. The third kappa shape index (κ3) is 3.60. The lowest BCUT2D eigenvalue weighted by molar-refractivity contribution is 0.767. The van der Waals surface area contributed by atoms with Crippen LogP contribution in [0.2, 0.25) is 0 Å². The van der Waals surface area contributed by atoms with Gasteiger partial charge in [0.25, 0.3) is 0 Å². The van der Waals surface area contributed by atoms with Crippen LogP contribution >= 0.6 is 15.9 Å². The van der Waals surface area contributed by atoms with Crippen molar-refractivity contribution >= 4 is 21.6 Å². The van der Waals surface area contributed by atoms with Crippen LogP contribution in [0.4, 0.5) is 5.69 Å². The molecule has 0 fully saturated rings. The first-order chi connectivity index (χ1) is 8.13. The minimum Gasteiger partial charge on any atom is -0.385 e. The van der Waals surface area contributed by atoms with E-state index >= 15 is 0 Å². The quantitative estimate of drug-likeness (QED) is 0.939. The van der Waals surface area contributed by atoms with Crippen LogP contribution in [0.1, 0.15) is 11.1 Å². The number of aromatic nitrogens is 2. The summed E-state index contributed by atoms with van der Waals surface area (Å²) in [4.78, 5) is 0. The highest BCUT2D eigenvalue weighted by Gasteiger charge is 1.98. The Balaban J connectivity index is 1.89. The maximum absolute atomic E-state index is 4.15. The van der Waals surface area contributed by atoms with Crippen LogP contribution in [-0.4, -0.2) is 16.3 Å². The van der Waals surface area contributed by atoms with Gasteiger partial charge in [-0.1, -0.05) is 15.9 Å². The molecule has 4 heteroatoms. The molecule has 0 aliphatic carbocycles. The van der Waals surface area contributed by atoms with Crippen LogP contribution < -0.4 is 5.32 Å². The van der Waals surface area contributed by atoms with Gasteiger partial charge in [0, 0.05) is 29.9 Å². The number of nitrogens with one attached hydrogen (secondary N) is 1. The maximum atomic E-state index is 4.15. The van der Waals surface area contributed by atoms with Gasteiger partial charge in [-0.2, -0.15) is 5.10 Å². The lowest BCUT2D eigenvalue weighted by Crippen LogP contribution is -2.04. The molecule has 0 spiro atoms. The van der Waals surface area contributed by atoms with E-state index in [0.717, 1.165) is 23.1 Å². The summed E-state index contributed by atoms with van der Waals surface area (Å²) in [6, 6.07) is 6.34. The fourth-order valence-corrected chi connectivity index (χ4v) is 2.40. The van der Waals surface area contributed by atoms with E-state index in [1.165, 1.54) is 11.1 Å². The van der Waals surface area contributed by atoms with E-state index in [1.807, 2.05) is 24.1 Å². The molecule has 90 valence electrons. The van der Waals surface area contributed by atoms with Crippen LogP contribution in [0.5, 0.6) is 0 Å². The lowest BCUT2D eigenvalue weighted by Gasteiger charge is -2.07. The average molecular weight is 294 g/mol. The topological polar surface area (TPSA) is 29.9 Å². The van der Waals surface area contributed by atoms with Gasteiger partial charge >= 0.3 is 0 Å². The molecular formula is C13H16BrN3. The van der Waals surface area contributed by atoms with Crippen molar-refractivity contribution in [1.29, 1.82) is 0 Å². The van der Waals surface area contributed by atoms with Gasteiger partial charge < -0.3 is 5.32 Å². The highest BCUT2D eigenvalue weighted by molar-refractivity contribution is 9.10. The van der Waals surface area contributed by atoms with Crippen molar-refractivity contribution in [3.8, 4) is 0 Å². The molecule has 3 nitrogen and oxygen atoms in total. The minimum absolute atomic E-state index is 0.918. The number of hydrogen-bond acceptors (Lipinski definition) is 2. The predicted octanol–water partition coefficient (Wildman–Crippen LogP) is 3.15. The van der Waals surface area contributed by atoms with Crippen LogP contribution in [0.3, 0.4) is 0 Å². The summed E-state index contributed by atoms with van der Waals surface area (Å²) < 4.78 is 2.94. The number of benzene rings is 1. The van der Waals surface area contributed by atoms with Crippen LogP contribution in [0.25, 0.3) is 0 Å². The third-order valence-electron chi connectivity index (χ3n) is 2.54. The third-order valence-corrected chi connectivity index (χ3v) is 3.00. The van der Waals surface area contributed by atoms with Gasteiger partial charge in [-0.3, -0.25) is 4.68 Å². The van der Waals surface area contributed by atoms with E-state index in [-0.39, 0.29) is 0 Å². The first-order valence-corrected chi connectivity index (χ1v) is 6.41. The fourth-order valence-electron chi connectivity index (χ4n) is 1.79. The molecule has 0 aliphatic heterocycles. The Hall–Kier alpha value is -1.29. The molecule has 0 saturated carbocycles. The van der Waals surface area contributed by atoms with E-state index in [2.05, 4.69) is 51.5 Å². The van der Waals surface area contributed by atoms with Gasteiger partial charge in [-0.15, -0.1) is 0 Å². The van der Waals surface area contributed by atoms with Crippen molar-refractivity contribution < 1.29 is 0 Å². The summed E-state index contributed by atoms with van der Waals surface area (Å²) in [6.45, 7) is 3.01. The van der Waals surface area contributed by atoms with Crippen molar-refractivity contribution in [2.75, 3.05) is 11.9 Å². The van der Waals surface area contributed by atoms with E-state index in [9.17, 15) is 0 Å². The standard InChI is InChI=1S/C13H16BrN3/c1-10-5-12(14)7-13(6-10)15-4-3-11-8-16-17(2)9-11/h5-9,15H,3-4H2,1-2H3. The molecule has 0 radical (unpaired) electrons. The fraction of sp³-hybridized carbons (Fsp3) is 0.308. The van der Waals surface area contributed by atoms with Crippen molar-refractivity contribution in [3.63, 3.8) is 0 Å². The van der Waals surface area contributed by atoms with E-state index in [0.29, 0.717) is 0 Å². The lowest BCUT2D eigenvalue weighted by atomic mass is 10.2. The Morgan fingerprint density at radius 2 is 2.18 bits per heavy atom. The number of nitrogens with zero attached hydrogens (tertiary/aromatic N) is 2. The summed E-state index contributed by atoms with van der Waals surface area (Å²) >= 11 is 3.50. The Labute approximate surface area is 110 Å². The Morgan fingerprint density at radius 1 is 1.35 bits per heavy atom. The minimum atomic E-state index is 0.918. The molecule has 0 saturated heterocycles. The summed E-state index contributed by atoms with van der Waals surface area (Å²) in [6.07, 6.45) is 4.95. The van der Waals surface area contributed by atoms with Crippen LogP contribution in [-0.2, 0) is 13.5 Å². The van der Waals surface area contributed by atoms with Crippen LogP contribution in [0, 0.1) is 6.92 Å². The smallest absolute Gasteiger partial charge is 0.0522 e. The number of anilines is 1. The summed E-state index contributed by atoms with van der Waals surface area (Å²) in [5.74, 6) is 0. The molecular weight excluding hydrogens is 278 g/mol. The molecule has 17 heavy (non-hydrogen) atoms. The molecule has 0 bridgehead atoms. The summed E-state index contributed by atoms with van der Waals surface area (Å²) in [7, 11) is 1.94. The summed E-state index contributed by atoms with van der Waals surface area (Å²) in [5, 5.41) is 7.57. The Bertz CT molecular complexity index is 485. The van der Waals surface area contributed by atoms with Gasteiger partial charge in [0.05, 0.1) is 6.20 Å². The first kappa shape index (κ1) is 12.2. The highest BCUT2D eigenvalue weighted by Crippen LogP contribution is 2.18. The van der Waals surface area contributed by atoms with Crippen molar-refractivity contribution in [1.82, 2.24) is 9.78 Å². The zero-order valence-corrected chi connectivity index (χ0v) is 11.7. The molecule has 1 N–H and O–H groups in total. The van der Waals surface area contributed by atoms with E-state index in [1.54, 1.807) is 0 Å². The number of rotatable bonds is 4. The molecule has 0 unspecified atom stereocenters. The molecule has 2 rings (SSSR count). The van der Waals surface area contributed by atoms with E-state index < -0.39 is 0 Å². The number of hydrogen-bond donors (Lipinski definition) is 1. The number of halogens is 1. The molecule has 1 aromatic carbocycles. The molecule has 0 amide bonds. The highest BCUT2D eigenvalue weighted by atomic mass is 79.9. The molecule has 1 heterocycles. The SMILES string of the molecule is Cc1cc(Br)cc(NCCc2cnn(C)c2)c1. The molecule has 2 aromatic rings. The van der Waals surface area contributed by atoms with Crippen molar-refractivity contribution in [2.24, 2.45) is 7.05 Å². The molecule has 0 aliphatic rings. The second kappa shape index (κ2) is 5.36. The second-order valence-electron chi connectivity index (χ2n) is 4.22. The zero-order valence-electron chi connectivity index (χ0n) is 10.1. The normalized spacial score (nSPS) is 10.5. The second-order valence-corrected chi connectivity index (χ2v) is 5.13. The van der Waals surface area contributed by atoms with Crippen LogP contribution in [0.15, 0.2) is 35.1 Å². The van der Waals surface area contributed by atoms with Crippen molar-refractivity contribution in [3.05, 3.63) is 46.2 Å². The maximum Gasteiger partial charge on any atom is 0.0522 e. The number of aryl methyl sites for hydroxylation is 2. The van der Waals surface area contributed by atoms with Gasteiger partial charge in [0.15, 0.2) is 0 Å². The first-order valence-electron chi connectivity index (χ1n) is 5.62.